The largest absolute Gasteiger partial charge is 0.332 e. The van der Waals surface area contributed by atoms with Crippen molar-refractivity contribution in [1.29, 1.82) is 0 Å². The van der Waals surface area contributed by atoms with Gasteiger partial charge in [0.05, 0.1) is 5.69 Å². The highest BCUT2D eigenvalue weighted by Crippen LogP contribution is 2.16. The van der Waals surface area contributed by atoms with Gasteiger partial charge in [0.25, 0.3) is 0 Å². The summed E-state index contributed by atoms with van der Waals surface area (Å²) in [4.78, 5) is 12.1. The lowest BCUT2D eigenvalue weighted by molar-refractivity contribution is 0.795. The maximum absolute atomic E-state index is 12.1. The molecule has 1 aromatic carbocycles. The molecule has 0 fully saturated rings. The van der Waals surface area contributed by atoms with Gasteiger partial charge in [0.1, 0.15) is 0 Å². The van der Waals surface area contributed by atoms with Crippen molar-refractivity contribution in [3.8, 4) is 5.69 Å². The van der Waals surface area contributed by atoms with Gasteiger partial charge >= 0.3 is 5.69 Å². The van der Waals surface area contributed by atoms with Gasteiger partial charge in [-0.1, -0.05) is 18.2 Å². The summed E-state index contributed by atoms with van der Waals surface area (Å²) in [5.41, 5.74) is 8.63. The third-order valence-corrected chi connectivity index (χ3v) is 3.11. The fourth-order valence-corrected chi connectivity index (χ4v) is 2.23. The lowest BCUT2D eigenvalue weighted by atomic mass is 10.1. The highest BCUT2D eigenvalue weighted by molar-refractivity contribution is 5.42. The number of aromatic nitrogens is 2. The Morgan fingerprint density at radius 3 is 2.61 bits per heavy atom. The number of hydrogen-bond donors (Lipinski definition) is 1. The van der Waals surface area contributed by atoms with Crippen LogP contribution in [0.5, 0.6) is 0 Å². The van der Waals surface area contributed by atoms with Gasteiger partial charge in [0, 0.05) is 18.9 Å². The molecule has 0 aliphatic heterocycles. The predicted octanol–water partition coefficient (Wildman–Crippen LogP) is 1.38. The van der Waals surface area contributed by atoms with E-state index in [1.165, 1.54) is 5.56 Å². The van der Waals surface area contributed by atoms with Gasteiger partial charge in [-0.3, -0.25) is 4.57 Å². The fraction of sp³-hybridized carbons (Fsp3) is 0.357. The minimum atomic E-state index is -0.00676. The van der Waals surface area contributed by atoms with Crippen molar-refractivity contribution in [2.24, 2.45) is 12.8 Å². The van der Waals surface area contributed by atoms with Crippen molar-refractivity contribution in [2.75, 3.05) is 6.54 Å². The van der Waals surface area contributed by atoms with Gasteiger partial charge < -0.3 is 10.3 Å². The summed E-state index contributed by atoms with van der Waals surface area (Å²) in [6.45, 7) is 2.61. The molecule has 2 aromatic rings. The molecule has 0 bridgehead atoms. The standard InChI is InChI=1S/C14H19N3O/c1-11-10-16(2)14(18)17(11)13-8-4-3-6-12(13)7-5-9-15/h3-4,6,8,10H,5,7,9,15H2,1-2H3. The minimum Gasteiger partial charge on any atom is -0.330 e. The molecule has 2 N–H and O–H groups in total. The van der Waals surface area contributed by atoms with Crippen molar-refractivity contribution in [3.05, 3.63) is 52.2 Å². The van der Waals surface area contributed by atoms with Crippen LogP contribution in [0.1, 0.15) is 17.7 Å². The first-order valence-electron chi connectivity index (χ1n) is 6.18. The Kier molecular flexibility index (Phi) is 3.67. The lowest BCUT2D eigenvalue weighted by Gasteiger charge is -2.10. The molecule has 0 saturated heterocycles. The molecular formula is C14H19N3O. The molecule has 0 saturated carbocycles. The van der Waals surface area contributed by atoms with Crippen LogP contribution >= 0.6 is 0 Å². The summed E-state index contributed by atoms with van der Waals surface area (Å²) in [6, 6.07) is 8.00. The second-order valence-electron chi connectivity index (χ2n) is 4.52. The smallest absolute Gasteiger partial charge is 0.330 e. The highest BCUT2D eigenvalue weighted by atomic mass is 16.1. The van der Waals surface area contributed by atoms with Gasteiger partial charge in [-0.25, -0.2) is 4.79 Å². The fourth-order valence-electron chi connectivity index (χ4n) is 2.23. The Hall–Kier alpha value is -1.81. The minimum absolute atomic E-state index is 0.00676. The van der Waals surface area contributed by atoms with Crippen molar-refractivity contribution in [1.82, 2.24) is 9.13 Å². The van der Waals surface area contributed by atoms with E-state index in [0.717, 1.165) is 24.2 Å². The van der Waals surface area contributed by atoms with Gasteiger partial charge in [-0.2, -0.15) is 0 Å². The molecule has 18 heavy (non-hydrogen) atoms. The molecule has 96 valence electrons. The first-order valence-corrected chi connectivity index (χ1v) is 6.18. The van der Waals surface area contributed by atoms with Crippen LogP contribution in [-0.2, 0) is 13.5 Å². The third kappa shape index (κ3) is 2.24. The first kappa shape index (κ1) is 12.6. The number of nitrogens with two attached hydrogens (primary N) is 1. The molecule has 0 atom stereocenters. The molecule has 1 aromatic heterocycles. The van der Waals surface area contributed by atoms with E-state index in [-0.39, 0.29) is 5.69 Å². The lowest BCUT2D eigenvalue weighted by Crippen LogP contribution is -2.22. The molecular weight excluding hydrogens is 226 g/mol. The van der Waals surface area contributed by atoms with Gasteiger partial charge in [-0.15, -0.1) is 0 Å². The number of hydrogen-bond acceptors (Lipinski definition) is 2. The zero-order valence-corrected chi connectivity index (χ0v) is 10.9. The second kappa shape index (κ2) is 5.23. The van der Waals surface area contributed by atoms with Crippen LogP contribution in [0.25, 0.3) is 5.69 Å². The Morgan fingerprint density at radius 2 is 2.00 bits per heavy atom. The molecule has 0 spiro atoms. The van der Waals surface area contributed by atoms with Crippen molar-refractivity contribution < 1.29 is 0 Å². The highest BCUT2D eigenvalue weighted by Gasteiger charge is 2.10. The Morgan fingerprint density at radius 1 is 1.28 bits per heavy atom. The van der Waals surface area contributed by atoms with E-state index in [1.54, 1.807) is 16.2 Å². The molecule has 0 aliphatic carbocycles. The monoisotopic (exact) mass is 245 g/mol. The number of rotatable bonds is 4. The molecule has 4 heteroatoms. The zero-order valence-electron chi connectivity index (χ0n) is 10.9. The van der Waals surface area contributed by atoms with Crippen LogP contribution in [0.15, 0.2) is 35.3 Å². The SMILES string of the molecule is Cc1cn(C)c(=O)n1-c1ccccc1CCCN. The third-order valence-electron chi connectivity index (χ3n) is 3.11. The molecule has 0 aliphatic rings. The van der Waals surface area contributed by atoms with Gasteiger partial charge in [0.2, 0.25) is 0 Å². The van der Waals surface area contributed by atoms with E-state index in [4.69, 9.17) is 5.73 Å². The number of para-hydroxylation sites is 1. The van der Waals surface area contributed by atoms with E-state index in [9.17, 15) is 4.79 Å². The summed E-state index contributed by atoms with van der Waals surface area (Å²) < 4.78 is 3.36. The van der Waals surface area contributed by atoms with Crippen LogP contribution in [0.4, 0.5) is 0 Å². The average Bonchev–Trinajstić information content (AvgIpc) is 2.61. The summed E-state index contributed by atoms with van der Waals surface area (Å²) in [5.74, 6) is 0. The Balaban J connectivity index is 2.53. The summed E-state index contributed by atoms with van der Waals surface area (Å²) in [7, 11) is 1.77. The molecule has 0 unspecified atom stereocenters. The van der Waals surface area contributed by atoms with Crippen LogP contribution in [0.2, 0.25) is 0 Å². The number of imidazole rings is 1. The molecule has 1 heterocycles. The number of nitrogens with zero attached hydrogens (tertiary/aromatic N) is 2. The Bertz CT molecular complexity index is 595. The van der Waals surface area contributed by atoms with E-state index < -0.39 is 0 Å². The maximum Gasteiger partial charge on any atom is 0.332 e. The number of aryl methyl sites for hydroxylation is 3. The summed E-state index contributed by atoms with van der Waals surface area (Å²) >= 11 is 0. The predicted molar refractivity (Wildman–Crippen MR) is 73.1 cm³/mol. The van der Waals surface area contributed by atoms with Crippen LogP contribution in [0, 0.1) is 6.92 Å². The van der Waals surface area contributed by atoms with Crippen LogP contribution in [-0.4, -0.2) is 15.7 Å². The summed E-state index contributed by atoms with van der Waals surface area (Å²) in [6.07, 6.45) is 3.67. The van der Waals surface area contributed by atoms with Crippen molar-refractivity contribution in [3.63, 3.8) is 0 Å². The van der Waals surface area contributed by atoms with E-state index in [0.29, 0.717) is 6.54 Å². The van der Waals surface area contributed by atoms with E-state index >= 15 is 0 Å². The van der Waals surface area contributed by atoms with Gasteiger partial charge in [0.15, 0.2) is 0 Å². The topological polar surface area (TPSA) is 53.0 Å². The summed E-state index contributed by atoms with van der Waals surface area (Å²) in [5, 5.41) is 0. The van der Waals surface area contributed by atoms with Crippen LogP contribution < -0.4 is 11.4 Å². The number of benzene rings is 1. The van der Waals surface area contributed by atoms with Crippen molar-refractivity contribution in [2.45, 2.75) is 19.8 Å². The molecule has 4 nitrogen and oxygen atoms in total. The normalized spacial score (nSPS) is 10.8. The van der Waals surface area contributed by atoms with Crippen LogP contribution in [0.3, 0.4) is 0 Å². The first-order chi connectivity index (χ1) is 8.65. The quantitative estimate of drug-likeness (QED) is 0.884. The zero-order chi connectivity index (χ0) is 13.1. The molecule has 0 radical (unpaired) electrons. The molecule has 2 rings (SSSR count). The average molecular weight is 245 g/mol. The van der Waals surface area contributed by atoms with E-state index in [2.05, 4.69) is 6.07 Å². The van der Waals surface area contributed by atoms with Gasteiger partial charge in [-0.05, 0) is 37.9 Å². The maximum atomic E-state index is 12.1. The van der Waals surface area contributed by atoms with E-state index in [1.807, 2.05) is 31.3 Å². The van der Waals surface area contributed by atoms with Crippen molar-refractivity contribution >= 4 is 0 Å². The second-order valence-corrected chi connectivity index (χ2v) is 4.52. The Labute approximate surface area is 107 Å². The molecule has 0 amide bonds.